The minimum Gasteiger partial charge on any atom is -0.321 e. The van der Waals surface area contributed by atoms with Gasteiger partial charge in [-0.2, -0.15) is 5.26 Å². The Morgan fingerprint density at radius 2 is 1.62 bits per heavy atom. The van der Waals surface area contributed by atoms with Crippen LogP contribution in [-0.2, 0) is 11.2 Å². The van der Waals surface area contributed by atoms with Crippen molar-refractivity contribution in [3.05, 3.63) is 117 Å². The van der Waals surface area contributed by atoms with Crippen LogP contribution in [0.3, 0.4) is 0 Å². The van der Waals surface area contributed by atoms with Gasteiger partial charge in [0.15, 0.2) is 0 Å². The summed E-state index contributed by atoms with van der Waals surface area (Å²) >= 11 is 0. The Kier molecular flexibility index (Phi) is 6.61. The number of aryl methyl sites for hydroxylation is 4. The average Bonchev–Trinajstić information content (AvgIpc) is 2.80. The van der Waals surface area contributed by atoms with Gasteiger partial charge in [0.1, 0.15) is 11.6 Å². The number of hydrogen-bond acceptors (Lipinski definition) is 2. The molecule has 0 spiro atoms. The molecule has 4 rings (SSSR count). The number of hydrogen-bond donors (Lipinski definition) is 1. The number of carbonyl (C=O) groups is 1. The number of nitriles is 1. The average molecular weight is 445 g/mol. The van der Waals surface area contributed by atoms with Crippen LogP contribution in [0.1, 0.15) is 38.9 Å². The first kappa shape index (κ1) is 23.0. The zero-order chi connectivity index (χ0) is 24.2. The number of nitrogens with zero attached hydrogens (tertiary/aromatic N) is 1. The second-order valence-electron chi connectivity index (χ2n) is 8.96. The van der Waals surface area contributed by atoms with Gasteiger partial charge in [-0.05, 0) is 90.9 Å². The molecule has 4 aromatic carbocycles. The number of fused-ring (bicyclic) bond motifs is 1. The SMILES string of the molecule is Cc1cc(C)cc(Cc2ccc3ccccc3c2/C=C(\C#N)C(=O)Nc2ccc(C)c(C)c2)c1. The van der Waals surface area contributed by atoms with E-state index in [4.69, 9.17) is 0 Å². The maximum absolute atomic E-state index is 13.0. The van der Waals surface area contributed by atoms with Crippen LogP contribution in [0.15, 0.2) is 78.4 Å². The largest absolute Gasteiger partial charge is 0.321 e. The van der Waals surface area contributed by atoms with Crippen molar-refractivity contribution in [2.45, 2.75) is 34.1 Å². The third-order valence-electron chi connectivity index (χ3n) is 6.16. The fourth-order valence-electron chi connectivity index (χ4n) is 4.37. The Balaban J connectivity index is 1.77. The van der Waals surface area contributed by atoms with Crippen LogP contribution in [0.25, 0.3) is 16.8 Å². The zero-order valence-corrected chi connectivity index (χ0v) is 20.1. The Hall–Kier alpha value is -4.16. The molecule has 168 valence electrons. The first-order valence-electron chi connectivity index (χ1n) is 11.4. The minimum atomic E-state index is -0.406. The highest BCUT2D eigenvalue weighted by Gasteiger charge is 2.14. The van der Waals surface area contributed by atoms with Crippen LogP contribution in [-0.4, -0.2) is 5.91 Å². The quantitative estimate of drug-likeness (QED) is 0.261. The second-order valence-corrected chi connectivity index (χ2v) is 8.96. The van der Waals surface area contributed by atoms with E-state index >= 15 is 0 Å². The highest BCUT2D eigenvalue weighted by atomic mass is 16.1. The van der Waals surface area contributed by atoms with Crippen LogP contribution in [0.2, 0.25) is 0 Å². The maximum Gasteiger partial charge on any atom is 0.266 e. The van der Waals surface area contributed by atoms with Gasteiger partial charge in [0.05, 0.1) is 0 Å². The summed E-state index contributed by atoms with van der Waals surface area (Å²) in [6.45, 7) is 8.23. The molecular weight excluding hydrogens is 416 g/mol. The molecule has 0 aliphatic rings. The number of amides is 1. The van der Waals surface area contributed by atoms with E-state index in [0.29, 0.717) is 5.69 Å². The van der Waals surface area contributed by atoms with Gasteiger partial charge in [-0.15, -0.1) is 0 Å². The molecule has 4 aromatic rings. The zero-order valence-electron chi connectivity index (χ0n) is 20.1. The molecule has 0 radical (unpaired) electrons. The van der Waals surface area contributed by atoms with E-state index in [2.05, 4.69) is 61.6 Å². The van der Waals surface area contributed by atoms with E-state index in [-0.39, 0.29) is 5.57 Å². The van der Waals surface area contributed by atoms with Crippen molar-refractivity contribution in [1.29, 1.82) is 5.26 Å². The lowest BCUT2D eigenvalue weighted by molar-refractivity contribution is -0.112. The molecule has 0 heterocycles. The van der Waals surface area contributed by atoms with E-state index in [0.717, 1.165) is 39.4 Å². The van der Waals surface area contributed by atoms with Crippen molar-refractivity contribution in [2.75, 3.05) is 5.32 Å². The second kappa shape index (κ2) is 9.77. The maximum atomic E-state index is 13.0. The molecule has 0 fully saturated rings. The van der Waals surface area contributed by atoms with Crippen LogP contribution in [0.4, 0.5) is 5.69 Å². The molecule has 1 amide bonds. The normalized spacial score (nSPS) is 11.3. The van der Waals surface area contributed by atoms with Crippen molar-refractivity contribution in [3.63, 3.8) is 0 Å². The minimum absolute atomic E-state index is 0.0799. The van der Waals surface area contributed by atoms with Gasteiger partial charge in [-0.1, -0.05) is 71.8 Å². The molecule has 0 saturated carbocycles. The van der Waals surface area contributed by atoms with Crippen molar-refractivity contribution >= 4 is 28.4 Å². The molecule has 0 bridgehead atoms. The van der Waals surface area contributed by atoms with Gasteiger partial charge in [0, 0.05) is 5.69 Å². The Labute approximate surface area is 201 Å². The molecule has 0 aliphatic heterocycles. The number of benzene rings is 4. The summed E-state index contributed by atoms with van der Waals surface area (Å²) in [5, 5.41) is 14.9. The highest BCUT2D eigenvalue weighted by molar-refractivity contribution is 6.11. The van der Waals surface area contributed by atoms with Crippen LogP contribution in [0, 0.1) is 39.0 Å². The number of carbonyl (C=O) groups excluding carboxylic acids is 1. The molecule has 0 aliphatic carbocycles. The number of anilines is 1. The molecule has 0 unspecified atom stereocenters. The lowest BCUT2D eigenvalue weighted by atomic mass is 9.92. The first-order chi connectivity index (χ1) is 16.3. The molecular formula is C31H28N2O. The van der Waals surface area contributed by atoms with Crippen molar-refractivity contribution < 1.29 is 4.79 Å². The molecule has 3 heteroatoms. The third-order valence-corrected chi connectivity index (χ3v) is 6.16. The summed E-state index contributed by atoms with van der Waals surface area (Å²) in [5.74, 6) is -0.406. The molecule has 34 heavy (non-hydrogen) atoms. The number of nitrogens with one attached hydrogen (secondary N) is 1. The Morgan fingerprint density at radius 3 is 2.32 bits per heavy atom. The highest BCUT2D eigenvalue weighted by Crippen LogP contribution is 2.28. The summed E-state index contributed by atoms with van der Waals surface area (Å²) in [4.78, 5) is 13.0. The predicted octanol–water partition coefficient (Wildman–Crippen LogP) is 7.21. The van der Waals surface area contributed by atoms with Crippen LogP contribution < -0.4 is 5.32 Å². The van der Waals surface area contributed by atoms with Gasteiger partial charge in [-0.25, -0.2) is 0 Å². The predicted molar refractivity (Wildman–Crippen MR) is 141 cm³/mol. The van der Waals surface area contributed by atoms with E-state index in [1.54, 1.807) is 6.08 Å². The van der Waals surface area contributed by atoms with Crippen LogP contribution >= 0.6 is 0 Å². The van der Waals surface area contributed by atoms with Crippen molar-refractivity contribution in [2.24, 2.45) is 0 Å². The van der Waals surface area contributed by atoms with E-state index in [1.165, 1.54) is 16.7 Å². The monoisotopic (exact) mass is 444 g/mol. The lowest BCUT2D eigenvalue weighted by Crippen LogP contribution is -2.13. The summed E-state index contributed by atoms with van der Waals surface area (Å²) in [5.41, 5.74) is 8.64. The van der Waals surface area contributed by atoms with Gasteiger partial charge in [0.25, 0.3) is 5.91 Å². The first-order valence-corrected chi connectivity index (χ1v) is 11.4. The van der Waals surface area contributed by atoms with E-state index in [9.17, 15) is 10.1 Å². The topological polar surface area (TPSA) is 52.9 Å². The fourth-order valence-corrected chi connectivity index (χ4v) is 4.37. The Bertz CT molecular complexity index is 1450. The van der Waals surface area contributed by atoms with Crippen LogP contribution in [0.5, 0.6) is 0 Å². The van der Waals surface area contributed by atoms with Gasteiger partial charge in [0.2, 0.25) is 0 Å². The van der Waals surface area contributed by atoms with Crippen molar-refractivity contribution in [3.8, 4) is 6.07 Å². The molecule has 0 atom stereocenters. The number of rotatable bonds is 5. The molecule has 0 saturated heterocycles. The lowest BCUT2D eigenvalue weighted by Gasteiger charge is -2.13. The smallest absolute Gasteiger partial charge is 0.266 e. The molecule has 3 nitrogen and oxygen atoms in total. The summed E-state index contributed by atoms with van der Waals surface area (Å²) < 4.78 is 0. The standard InChI is InChI=1S/C31H28N2O/c1-20-13-21(2)15-24(14-20)17-26-11-10-25-7-5-6-8-29(25)30(26)18-27(19-32)31(34)33-28-12-9-22(3)23(4)16-28/h5-16,18H,17H2,1-4H3,(H,33,34)/b27-18+. The Morgan fingerprint density at radius 1 is 0.882 bits per heavy atom. The van der Waals surface area contributed by atoms with Crippen molar-refractivity contribution in [1.82, 2.24) is 0 Å². The van der Waals surface area contributed by atoms with Gasteiger partial charge >= 0.3 is 0 Å². The van der Waals surface area contributed by atoms with Gasteiger partial charge in [-0.3, -0.25) is 4.79 Å². The third kappa shape index (κ3) is 5.08. The summed E-state index contributed by atoms with van der Waals surface area (Å²) in [6, 6.07) is 26.7. The fraction of sp³-hybridized carbons (Fsp3) is 0.161. The molecule has 1 N–H and O–H groups in total. The van der Waals surface area contributed by atoms with E-state index < -0.39 is 5.91 Å². The molecule has 0 aromatic heterocycles. The van der Waals surface area contributed by atoms with E-state index in [1.807, 2.05) is 50.2 Å². The summed E-state index contributed by atoms with van der Waals surface area (Å²) in [6.07, 6.45) is 2.45. The van der Waals surface area contributed by atoms with Gasteiger partial charge < -0.3 is 5.32 Å². The summed E-state index contributed by atoms with van der Waals surface area (Å²) in [7, 11) is 0.